The van der Waals surface area contributed by atoms with Gasteiger partial charge in [-0.15, -0.1) is 0 Å². The van der Waals surface area contributed by atoms with Crippen molar-refractivity contribution in [3.8, 4) is 11.5 Å². The normalized spacial score (nSPS) is 23.6. The van der Waals surface area contributed by atoms with Crippen LogP contribution < -0.4 is 20.7 Å². The van der Waals surface area contributed by atoms with Gasteiger partial charge in [0.15, 0.2) is 0 Å². The number of nitrogens with one attached hydrogen (secondary N) is 1. The Morgan fingerprint density at radius 2 is 2.05 bits per heavy atom. The molecule has 0 amide bonds. The molecule has 1 heterocycles. The van der Waals surface area contributed by atoms with Crippen LogP contribution in [0.15, 0.2) is 18.2 Å². The minimum absolute atomic E-state index is 0.0535. The molecular weight excluding hydrogens is 304 g/mol. The van der Waals surface area contributed by atoms with E-state index in [1.54, 1.807) is 14.2 Å². The highest BCUT2D eigenvalue weighted by Gasteiger charge is 2.34. The van der Waals surface area contributed by atoms with Crippen LogP contribution in [0.4, 0.5) is 0 Å². The van der Waals surface area contributed by atoms with Crippen molar-refractivity contribution in [3.05, 3.63) is 23.8 Å². The van der Waals surface area contributed by atoms with Gasteiger partial charge in [0.05, 0.1) is 20.3 Å². The highest BCUT2D eigenvalue weighted by atomic mass is 32.2. The maximum atomic E-state index is 5.90. The number of hydrogen-bond acceptors (Lipinski definition) is 6. The standard InChI is InChI=1S/C15H24N2O2S2/c1-4-13-15(21-8-7-20-13)14(17-16)11-9-10(18-2)5-6-12(11)19-3/h5-6,9,13-15,17H,4,7-8,16H2,1-3H3. The molecule has 21 heavy (non-hydrogen) atoms. The minimum atomic E-state index is 0.0535. The zero-order chi connectivity index (χ0) is 15.2. The maximum absolute atomic E-state index is 5.90. The van der Waals surface area contributed by atoms with Crippen molar-refractivity contribution in [1.82, 2.24) is 5.43 Å². The summed E-state index contributed by atoms with van der Waals surface area (Å²) in [6.45, 7) is 2.24. The van der Waals surface area contributed by atoms with E-state index in [2.05, 4.69) is 12.3 Å². The monoisotopic (exact) mass is 328 g/mol. The first-order valence-corrected chi connectivity index (χ1v) is 9.26. The number of ether oxygens (including phenoxy) is 2. The molecule has 0 radical (unpaired) electrons. The summed E-state index contributed by atoms with van der Waals surface area (Å²) in [6.07, 6.45) is 1.15. The first kappa shape index (κ1) is 16.8. The van der Waals surface area contributed by atoms with E-state index in [-0.39, 0.29) is 6.04 Å². The van der Waals surface area contributed by atoms with Crippen LogP contribution in [0.1, 0.15) is 24.9 Å². The predicted molar refractivity (Wildman–Crippen MR) is 92.4 cm³/mol. The van der Waals surface area contributed by atoms with Gasteiger partial charge < -0.3 is 9.47 Å². The predicted octanol–water partition coefficient (Wildman–Crippen LogP) is 2.84. The summed E-state index contributed by atoms with van der Waals surface area (Å²) in [5, 5.41) is 1.03. The summed E-state index contributed by atoms with van der Waals surface area (Å²) in [7, 11) is 3.37. The van der Waals surface area contributed by atoms with E-state index in [1.165, 1.54) is 5.75 Å². The number of nitrogens with two attached hydrogens (primary N) is 1. The molecule has 1 aromatic rings. The summed E-state index contributed by atoms with van der Waals surface area (Å²) in [5.41, 5.74) is 4.08. The van der Waals surface area contributed by atoms with Crippen LogP contribution >= 0.6 is 23.5 Å². The molecule has 0 spiro atoms. The van der Waals surface area contributed by atoms with E-state index in [0.717, 1.165) is 29.2 Å². The molecule has 4 nitrogen and oxygen atoms in total. The lowest BCUT2D eigenvalue weighted by molar-refractivity contribution is 0.387. The SMILES string of the molecule is CCC1SCCSC1C(NN)c1cc(OC)ccc1OC. The Morgan fingerprint density at radius 3 is 2.67 bits per heavy atom. The van der Waals surface area contributed by atoms with E-state index in [0.29, 0.717) is 10.5 Å². The quantitative estimate of drug-likeness (QED) is 0.619. The van der Waals surface area contributed by atoms with Crippen LogP contribution in [0.2, 0.25) is 0 Å². The van der Waals surface area contributed by atoms with Gasteiger partial charge in [-0.3, -0.25) is 11.3 Å². The summed E-state index contributed by atoms with van der Waals surface area (Å²) in [4.78, 5) is 0. The summed E-state index contributed by atoms with van der Waals surface area (Å²) >= 11 is 4.04. The first-order valence-electron chi connectivity index (χ1n) is 7.16. The molecule has 1 saturated heterocycles. The van der Waals surface area contributed by atoms with Crippen LogP contribution in [0.5, 0.6) is 11.5 Å². The molecule has 118 valence electrons. The Morgan fingerprint density at radius 1 is 1.29 bits per heavy atom. The lowest BCUT2D eigenvalue weighted by Crippen LogP contribution is -2.41. The zero-order valence-corrected chi connectivity index (χ0v) is 14.4. The largest absolute Gasteiger partial charge is 0.497 e. The van der Waals surface area contributed by atoms with E-state index < -0.39 is 0 Å². The fourth-order valence-corrected chi connectivity index (χ4v) is 5.91. The number of methoxy groups -OCH3 is 2. The number of hydrazine groups is 1. The Balaban J connectivity index is 2.35. The van der Waals surface area contributed by atoms with Crippen molar-refractivity contribution in [1.29, 1.82) is 0 Å². The number of thioether (sulfide) groups is 2. The average Bonchev–Trinajstić information content (AvgIpc) is 2.55. The van der Waals surface area contributed by atoms with Crippen LogP contribution in [0.3, 0.4) is 0 Å². The Kier molecular flexibility index (Phi) is 6.54. The molecule has 1 fully saturated rings. The molecule has 6 heteroatoms. The Hall–Kier alpha value is -0.560. The van der Waals surface area contributed by atoms with Gasteiger partial charge in [0.25, 0.3) is 0 Å². The van der Waals surface area contributed by atoms with Crippen molar-refractivity contribution < 1.29 is 9.47 Å². The van der Waals surface area contributed by atoms with Crippen molar-refractivity contribution in [3.63, 3.8) is 0 Å². The lowest BCUT2D eigenvalue weighted by Gasteiger charge is -2.36. The number of rotatable bonds is 6. The maximum Gasteiger partial charge on any atom is 0.123 e. The average molecular weight is 329 g/mol. The third-order valence-electron chi connectivity index (χ3n) is 3.77. The van der Waals surface area contributed by atoms with Crippen LogP contribution in [-0.2, 0) is 0 Å². The Labute approximate surface area is 135 Å². The third-order valence-corrected chi connectivity index (χ3v) is 7.13. The smallest absolute Gasteiger partial charge is 0.123 e. The van der Waals surface area contributed by atoms with Crippen LogP contribution in [0.25, 0.3) is 0 Å². The van der Waals surface area contributed by atoms with E-state index in [4.69, 9.17) is 15.3 Å². The second-order valence-corrected chi connectivity index (χ2v) is 7.54. The second-order valence-electron chi connectivity index (χ2n) is 4.91. The molecule has 0 aromatic heterocycles. The molecular formula is C15H24N2O2S2. The van der Waals surface area contributed by atoms with Gasteiger partial charge in [-0.2, -0.15) is 23.5 Å². The molecule has 1 aromatic carbocycles. The summed E-state index contributed by atoms with van der Waals surface area (Å²) < 4.78 is 10.9. The van der Waals surface area contributed by atoms with Crippen molar-refractivity contribution in [2.75, 3.05) is 25.7 Å². The van der Waals surface area contributed by atoms with Crippen molar-refractivity contribution in [2.45, 2.75) is 29.9 Å². The number of benzene rings is 1. The second kappa shape index (κ2) is 8.17. The number of hydrogen-bond donors (Lipinski definition) is 2. The van der Waals surface area contributed by atoms with Crippen molar-refractivity contribution >= 4 is 23.5 Å². The molecule has 0 bridgehead atoms. The molecule has 1 aliphatic heterocycles. The van der Waals surface area contributed by atoms with Gasteiger partial charge in [0.2, 0.25) is 0 Å². The fourth-order valence-electron chi connectivity index (χ4n) is 2.69. The van der Waals surface area contributed by atoms with Crippen LogP contribution in [0, 0.1) is 0 Å². The highest BCUT2D eigenvalue weighted by Crippen LogP contribution is 2.42. The van der Waals surface area contributed by atoms with Gasteiger partial charge in [-0.25, -0.2) is 0 Å². The van der Waals surface area contributed by atoms with Crippen molar-refractivity contribution in [2.24, 2.45) is 5.84 Å². The van der Waals surface area contributed by atoms with Gasteiger partial charge >= 0.3 is 0 Å². The topological polar surface area (TPSA) is 56.5 Å². The van der Waals surface area contributed by atoms with E-state index >= 15 is 0 Å². The van der Waals surface area contributed by atoms with Gasteiger partial charge in [-0.05, 0) is 24.6 Å². The summed E-state index contributed by atoms with van der Waals surface area (Å²) in [6, 6.07) is 5.93. The van der Waals surface area contributed by atoms with E-state index in [1.807, 2.05) is 41.7 Å². The first-order chi connectivity index (χ1) is 10.2. The molecule has 3 atom stereocenters. The molecule has 0 aliphatic carbocycles. The van der Waals surface area contributed by atoms with Gasteiger partial charge in [0, 0.05) is 27.6 Å². The van der Waals surface area contributed by atoms with Gasteiger partial charge in [-0.1, -0.05) is 6.92 Å². The third kappa shape index (κ3) is 3.80. The molecule has 2 rings (SSSR count). The molecule has 1 aliphatic rings. The molecule has 0 saturated carbocycles. The van der Waals surface area contributed by atoms with E-state index in [9.17, 15) is 0 Å². The lowest BCUT2D eigenvalue weighted by atomic mass is 9.99. The van der Waals surface area contributed by atoms with Gasteiger partial charge in [0.1, 0.15) is 11.5 Å². The fraction of sp³-hybridized carbons (Fsp3) is 0.600. The Bertz CT molecular complexity index is 459. The highest BCUT2D eigenvalue weighted by molar-refractivity contribution is 8.07. The van der Waals surface area contributed by atoms with Crippen LogP contribution in [-0.4, -0.2) is 36.2 Å². The zero-order valence-electron chi connectivity index (χ0n) is 12.8. The molecule has 3 N–H and O–H groups in total. The molecule has 3 unspecified atom stereocenters. The minimum Gasteiger partial charge on any atom is -0.497 e. The summed E-state index contributed by atoms with van der Waals surface area (Å²) in [5.74, 6) is 9.95.